The second kappa shape index (κ2) is 3.44. The number of rotatable bonds is 5. The summed E-state index contributed by atoms with van der Waals surface area (Å²) < 4.78 is 0. The van der Waals surface area contributed by atoms with Crippen molar-refractivity contribution < 1.29 is 9.90 Å². The van der Waals surface area contributed by atoms with Crippen LogP contribution >= 0.6 is 0 Å². The van der Waals surface area contributed by atoms with Crippen molar-refractivity contribution >= 4 is 5.97 Å². The van der Waals surface area contributed by atoms with Crippen LogP contribution in [0.1, 0.15) is 33.1 Å². The second-order valence-electron chi connectivity index (χ2n) is 3.99. The summed E-state index contributed by atoms with van der Waals surface area (Å²) in [5.41, 5.74) is 0.392. The minimum atomic E-state index is -0.734. The molecule has 2 N–H and O–H groups in total. The number of aliphatic carboxylic acids is 1. The molecule has 0 aromatic rings. The molecule has 0 saturated heterocycles. The van der Waals surface area contributed by atoms with E-state index in [1.807, 2.05) is 6.92 Å². The molecule has 3 heteroatoms. The summed E-state index contributed by atoms with van der Waals surface area (Å²) in [7, 11) is 0. The first-order valence-corrected chi connectivity index (χ1v) is 4.53. The average Bonchev–Trinajstić information content (AvgIpc) is 2.69. The maximum atomic E-state index is 10.6. The summed E-state index contributed by atoms with van der Waals surface area (Å²) in [5.74, 6) is -0.734. The molecular weight excluding hydrogens is 154 g/mol. The Morgan fingerprint density at radius 2 is 2.25 bits per heavy atom. The van der Waals surface area contributed by atoms with Gasteiger partial charge in [-0.2, -0.15) is 0 Å². The Hall–Kier alpha value is -0.570. The molecule has 1 unspecified atom stereocenters. The first kappa shape index (κ1) is 9.52. The van der Waals surface area contributed by atoms with E-state index in [2.05, 4.69) is 12.2 Å². The van der Waals surface area contributed by atoms with Crippen LogP contribution in [-0.2, 0) is 4.79 Å². The summed E-state index contributed by atoms with van der Waals surface area (Å²) >= 11 is 0. The molecule has 1 aliphatic carbocycles. The molecule has 0 aromatic heterocycles. The molecular formula is C9H17NO2. The van der Waals surface area contributed by atoms with Crippen LogP contribution in [0, 0.1) is 5.41 Å². The average molecular weight is 171 g/mol. The molecule has 0 heterocycles. The standard InChI is InChI=1S/C9H17NO2/c1-3-7(8(11)12)10-6-9(2)4-5-9/h7,10H,3-6H2,1-2H3,(H,11,12). The molecule has 1 fully saturated rings. The van der Waals surface area contributed by atoms with Crippen LogP contribution in [0.5, 0.6) is 0 Å². The molecule has 1 atom stereocenters. The van der Waals surface area contributed by atoms with E-state index in [4.69, 9.17) is 5.11 Å². The lowest BCUT2D eigenvalue weighted by molar-refractivity contribution is -0.139. The fourth-order valence-corrected chi connectivity index (χ4v) is 1.17. The van der Waals surface area contributed by atoms with E-state index in [0.29, 0.717) is 11.8 Å². The molecule has 0 amide bonds. The van der Waals surface area contributed by atoms with Crippen LogP contribution in [0.2, 0.25) is 0 Å². The number of carbonyl (C=O) groups is 1. The molecule has 1 aliphatic rings. The van der Waals surface area contributed by atoms with Crippen molar-refractivity contribution in [3.05, 3.63) is 0 Å². The van der Waals surface area contributed by atoms with Crippen LogP contribution in [0.15, 0.2) is 0 Å². The summed E-state index contributed by atoms with van der Waals surface area (Å²) in [6.07, 6.45) is 3.12. The van der Waals surface area contributed by atoms with Gasteiger partial charge in [0.2, 0.25) is 0 Å². The fourth-order valence-electron chi connectivity index (χ4n) is 1.17. The van der Waals surface area contributed by atoms with Gasteiger partial charge >= 0.3 is 5.97 Å². The minimum absolute atomic E-state index is 0.359. The van der Waals surface area contributed by atoms with Gasteiger partial charge in [0.05, 0.1) is 0 Å². The number of hydrogen-bond acceptors (Lipinski definition) is 2. The number of carboxylic acid groups (broad SMARTS) is 1. The molecule has 0 bridgehead atoms. The molecule has 0 spiro atoms. The van der Waals surface area contributed by atoms with Crippen molar-refractivity contribution in [1.29, 1.82) is 0 Å². The number of carboxylic acids is 1. The monoisotopic (exact) mass is 171 g/mol. The lowest BCUT2D eigenvalue weighted by atomic mass is 10.1. The van der Waals surface area contributed by atoms with Crippen LogP contribution < -0.4 is 5.32 Å². The van der Waals surface area contributed by atoms with Crippen LogP contribution in [0.4, 0.5) is 0 Å². The predicted octanol–water partition coefficient (Wildman–Crippen LogP) is 1.24. The largest absolute Gasteiger partial charge is 0.480 e. The minimum Gasteiger partial charge on any atom is -0.480 e. The highest BCUT2D eigenvalue weighted by Gasteiger charge is 2.37. The smallest absolute Gasteiger partial charge is 0.320 e. The van der Waals surface area contributed by atoms with E-state index in [9.17, 15) is 4.79 Å². The van der Waals surface area contributed by atoms with E-state index in [-0.39, 0.29) is 6.04 Å². The number of hydrogen-bond donors (Lipinski definition) is 2. The summed E-state index contributed by atoms with van der Waals surface area (Å²) in [4.78, 5) is 10.6. The molecule has 1 rings (SSSR count). The van der Waals surface area contributed by atoms with Gasteiger partial charge in [-0.15, -0.1) is 0 Å². The normalized spacial score (nSPS) is 21.8. The van der Waals surface area contributed by atoms with Gasteiger partial charge in [-0.1, -0.05) is 13.8 Å². The second-order valence-corrected chi connectivity index (χ2v) is 3.99. The Labute approximate surface area is 73.2 Å². The van der Waals surface area contributed by atoms with Crippen LogP contribution in [0.25, 0.3) is 0 Å². The van der Waals surface area contributed by atoms with Gasteiger partial charge in [0, 0.05) is 6.54 Å². The highest BCUT2D eigenvalue weighted by Crippen LogP contribution is 2.44. The Balaban J connectivity index is 2.23. The first-order chi connectivity index (χ1) is 5.57. The topological polar surface area (TPSA) is 49.3 Å². The third kappa shape index (κ3) is 2.48. The van der Waals surface area contributed by atoms with Gasteiger partial charge in [-0.3, -0.25) is 4.79 Å². The molecule has 0 aromatic carbocycles. The Bertz CT molecular complexity index is 175. The predicted molar refractivity (Wildman–Crippen MR) is 47.1 cm³/mol. The summed E-state index contributed by atoms with van der Waals surface area (Å²) in [6, 6.07) is -0.359. The summed E-state index contributed by atoms with van der Waals surface area (Å²) in [6.45, 7) is 4.92. The van der Waals surface area contributed by atoms with Gasteiger partial charge < -0.3 is 10.4 Å². The lowest BCUT2D eigenvalue weighted by Gasteiger charge is -2.15. The molecule has 0 radical (unpaired) electrons. The number of nitrogens with one attached hydrogen (secondary N) is 1. The van der Waals surface area contributed by atoms with E-state index < -0.39 is 5.97 Å². The van der Waals surface area contributed by atoms with Crippen molar-refractivity contribution in [3.63, 3.8) is 0 Å². The third-order valence-electron chi connectivity index (χ3n) is 2.59. The molecule has 3 nitrogen and oxygen atoms in total. The Kier molecular flexibility index (Phi) is 2.73. The quantitative estimate of drug-likeness (QED) is 0.654. The van der Waals surface area contributed by atoms with E-state index in [1.54, 1.807) is 0 Å². The van der Waals surface area contributed by atoms with E-state index in [1.165, 1.54) is 12.8 Å². The zero-order valence-corrected chi connectivity index (χ0v) is 7.76. The van der Waals surface area contributed by atoms with E-state index in [0.717, 1.165) is 6.54 Å². The third-order valence-corrected chi connectivity index (χ3v) is 2.59. The van der Waals surface area contributed by atoms with Crippen molar-refractivity contribution in [2.45, 2.75) is 39.2 Å². The Morgan fingerprint density at radius 3 is 2.58 bits per heavy atom. The molecule has 1 saturated carbocycles. The highest BCUT2D eigenvalue weighted by atomic mass is 16.4. The van der Waals surface area contributed by atoms with Crippen molar-refractivity contribution in [1.82, 2.24) is 5.32 Å². The van der Waals surface area contributed by atoms with Gasteiger partial charge in [0.15, 0.2) is 0 Å². The van der Waals surface area contributed by atoms with Crippen LogP contribution in [-0.4, -0.2) is 23.7 Å². The van der Waals surface area contributed by atoms with Crippen molar-refractivity contribution in [2.24, 2.45) is 5.41 Å². The van der Waals surface area contributed by atoms with Gasteiger partial charge in [-0.05, 0) is 24.7 Å². The Morgan fingerprint density at radius 1 is 1.67 bits per heavy atom. The molecule has 0 aliphatic heterocycles. The van der Waals surface area contributed by atoms with E-state index >= 15 is 0 Å². The maximum absolute atomic E-state index is 10.6. The molecule has 70 valence electrons. The van der Waals surface area contributed by atoms with Crippen LogP contribution in [0.3, 0.4) is 0 Å². The maximum Gasteiger partial charge on any atom is 0.320 e. The lowest BCUT2D eigenvalue weighted by Crippen LogP contribution is -2.38. The zero-order chi connectivity index (χ0) is 9.19. The first-order valence-electron chi connectivity index (χ1n) is 4.53. The zero-order valence-electron chi connectivity index (χ0n) is 7.76. The van der Waals surface area contributed by atoms with Crippen molar-refractivity contribution in [3.8, 4) is 0 Å². The SMILES string of the molecule is CCC(NCC1(C)CC1)C(=O)O. The molecule has 12 heavy (non-hydrogen) atoms. The summed E-state index contributed by atoms with van der Waals surface area (Å²) in [5, 5.41) is 11.8. The van der Waals surface area contributed by atoms with Gasteiger partial charge in [-0.25, -0.2) is 0 Å². The highest BCUT2D eigenvalue weighted by molar-refractivity contribution is 5.73. The van der Waals surface area contributed by atoms with Crippen molar-refractivity contribution in [2.75, 3.05) is 6.54 Å². The fraction of sp³-hybridized carbons (Fsp3) is 0.889. The van der Waals surface area contributed by atoms with Gasteiger partial charge in [0.25, 0.3) is 0 Å². The van der Waals surface area contributed by atoms with Gasteiger partial charge in [0.1, 0.15) is 6.04 Å².